The van der Waals surface area contributed by atoms with Crippen LogP contribution in [0.2, 0.25) is 0 Å². The number of halogens is 1. The lowest BCUT2D eigenvalue weighted by atomic mass is 9.66. The van der Waals surface area contributed by atoms with Crippen molar-refractivity contribution in [3.05, 3.63) is 0 Å². The van der Waals surface area contributed by atoms with Crippen LogP contribution in [0.1, 0.15) is 32.1 Å². The van der Waals surface area contributed by atoms with E-state index in [2.05, 4.69) is 0 Å². The van der Waals surface area contributed by atoms with Crippen LogP contribution in [0.4, 0.5) is 4.39 Å². The average molecular weight is 394 g/mol. The van der Waals surface area contributed by atoms with Gasteiger partial charge in [0.1, 0.15) is 6.17 Å². The third kappa shape index (κ3) is 4.04. The summed E-state index contributed by atoms with van der Waals surface area (Å²) in [4.78, 5) is 11.5. The van der Waals surface area contributed by atoms with E-state index in [9.17, 15) is 18.3 Å². The maximum Gasteiger partial charge on any atom is 0.304 e. The largest absolute Gasteiger partial charge is 0.391 e. The summed E-state index contributed by atoms with van der Waals surface area (Å²) >= 11 is 0. The molecule has 0 aromatic carbocycles. The number of fused-ring (bicyclic) bond motifs is 1. The van der Waals surface area contributed by atoms with E-state index in [0.29, 0.717) is 26.1 Å². The molecule has 0 bridgehead atoms. The number of carbonyl (C=O) groups is 1. The first-order valence-electron chi connectivity index (χ1n) is 9.08. The molecule has 26 heavy (non-hydrogen) atoms. The fourth-order valence-corrected chi connectivity index (χ4v) is 5.84. The number of hydrogen-bond acceptors (Lipinski definition) is 6. The number of aliphatic hydroxyl groups excluding tert-OH is 1. The summed E-state index contributed by atoms with van der Waals surface area (Å²) in [5.41, 5.74) is 0. The number of amides is 1. The van der Waals surface area contributed by atoms with Crippen LogP contribution >= 0.6 is 0 Å². The Morgan fingerprint density at radius 3 is 2.73 bits per heavy atom. The predicted molar refractivity (Wildman–Crippen MR) is 90.1 cm³/mol. The smallest absolute Gasteiger partial charge is 0.304 e. The minimum absolute atomic E-state index is 0.00374. The molecular weight excluding hydrogens is 367 g/mol. The minimum atomic E-state index is -4.08. The topological polar surface area (TPSA) is 105 Å². The summed E-state index contributed by atoms with van der Waals surface area (Å²) < 4.78 is 52.9. The van der Waals surface area contributed by atoms with E-state index in [1.165, 1.54) is 0 Å². The summed E-state index contributed by atoms with van der Waals surface area (Å²) in [7, 11) is -2.46. The highest BCUT2D eigenvalue weighted by molar-refractivity contribution is 7.88. The lowest BCUT2D eigenvalue weighted by Gasteiger charge is -2.47. The average Bonchev–Trinajstić information content (AvgIpc) is 2.84. The zero-order valence-corrected chi connectivity index (χ0v) is 15.7. The monoisotopic (exact) mass is 394 g/mol. The number of methoxy groups -OCH3 is 1. The molecule has 0 aromatic rings. The van der Waals surface area contributed by atoms with Gasteiger partial charge in [0.25, 0.3) is 0 Å². The van der Waals surface area contributed by atoms with Crippen LogP contribution in [0.3, 0.4) is 0 Å². The number of rotatable bonds is 6. The first kappa shape index (κ1) is 19.9. The van der Waals surface area contributed by atoms with Gasteiger partial charge in [-0.1, -0.05) is 0 Å². The molecule has 2 saturated carbocycles. The minimum Gasteiger partial charge on any atom is -0.391 e. The van der Waals surface area contributed by atoms with Crippen molar-refractivity contribution < 1.29 is 32.2 Å². The molecule has 1 amide bonds. The van der Waals surface area contributed by atoms with Gasteiger partial charge in [-0.2, -0.15) is 12.7 Å². The number of aliphatic hydroxyl groups is 1. The number of ether oxygens (including phenoxy) is 2. The molecule has 0 radical (unpaired) electrons. The molecular formula is C16H27FN2O6S. The second-order valence-corrected chi connectivity index (χ2v) is 9.01. The lowest BCUT2D eigenvalue weighted by molar-refractivity contribution is -0.120. The van der Waals surface area contributed by atoms with E-state index < -0.39 is 41.0 Å². The van der Waals surface area contributed by atoms with Crippen LogP contribution in [0, 0.1) is 11.8 Å². The zero-order chi connectivity index (χ0) is 18.9. The summed E-state index contributed by atoms with van der Waals surface area (Å²) in [6, 6.07) is -1.23. The molecule has 1 aliphatic heterocycles. The Kier molecular flexibility index (Phi) is 6.18. The quantitative estimate of drug-likeness (QED) is 0.613. The maximum absolute atomic E-state index is 15.3. The Morgan fingerprint density at radius 1 is 1.31 bits per heavy atom. The van der Waals surface area contributed by atoms with E-state index in [1.54, 1.807) is 7.11 Å². The van der Waals surface area contributed by atoms with Gasteiger partial charge >= 0.3 is 10.2 Å². The summed E-state index contributed by atoms with van der Waals surface area (Å²) in [6.45, 7) is 0.698. The van der Waals surface area contributed by atoms with Crippen molar-refractivity contribution in [2.24, 2.45) is 11.8 Å². The number of carbonyl (C=O) groups excluding carboxylic acids is 1. The Morgan fingerprint density at radius 2 is 2.08 bits per heavy atom. The van der Waals surface area contributed by atoms with Gasteiger partial charge in [-0.15, -0.1) is 0 Å². The Balaban J connectivity index is 1.67. The SMILES string of the molecule is COCCCOC1CCC2CC(O)C(N3CC(=O)NS3(=O)=O)C(F)C2C1. The van der Waals surface area contributed by atoms with E-state index in [4.69, 9.17) is 9.47 Å². The van der Waals surface area contributed by atoms with Crippen LogP contribution in [0.5, 0.6) is 0 Å². The van der Waals surface area contributed by atoms with Crippen LogP contribution < -0.4 is 4.72 Å². The van der Waals surface area contributed by atoms with Gasteiger partial charge in [0.2, 0.25) is 5.91 Å². The van der Waals surface area contributed by atoms with Crippen molar-refractivity contribution in [2.75, 3.05) is 26.9 Å². The summed E-state index contributed by atoms with van der Waals surface area (Å²) in [5.74, 6) is -1.07. The predicted octanol–water partition coefficient (Wildman–Crippen LogP) is -0.0277. The lowest BCUT2D eigenvalue weighted by Crippen LogP contribution is -2.59. The van der Waals surface area contributed by atoms with Gasteiger partial charge in [0.15, 0.2) is 0 Å². The molecule has 2 N–H and O–H groups in total. The number of nitrogens with zero attached hydrogens (tertiary/aromatic N) is 1. The van der Waals surface area contributed by atoms with E-state index in [-0.39, 0.29) is 17.9 Å². The first-order chi connectivity index (χ1) is 12.3. The third-order valence-electron chi connectivity index (χ3n) is 5.70. The van der Waals surface area contributed by atoms with Crippen molar-refractivity contribution in [3.63, 3.8) is 0 Å². The Bertz CT molecular complexity index is 616. The molecule has 6 unspecified atom stereocenters. The van der Waals surface area contributed by atoms with Crippen molar-refractivity contribution in [3.8, 4) is 0 Å². The second-order valence-electron chi connectivity index (χ2n) is 7.39. The number of alkyl halides is 1. The van der Waals surface area contributed by atoms with Crippen LogP contribution in [-0.4, -0.2) is 75.0 Å². The molecule has 3 rings (SSSR count). The zero-order valence-electron chi connectivity index (χ0n) is 14.8. The molecule has 0 spiro atoms. The van der Waals surface area contributed by atoms with Gasteiger partial charge in [-0.25, -0.2) is 9.11 Å². The Labute approximate surface area is 153 Å². The van der Waals surface area contributed by atoms with Crippen molar-refractivity contribution in [1.29, 1.82) is 0 Å². The van der Waals surface area contributed by atoms with Gasteiger partial charge in [0, 0.05) is 20.3 Å². The molecule has 6 atom stereocenters. The van der Waals surface area contributed by atoms with Gasteiger partial charge < -0.3 is 14.6 Å². The molecule has 10 heteroatoms. The van der Waals surface area contributed by atoms with Crippen molar-refractivity contribution >= 4 is 16.1 Å². The second kappa shape index (κ2) is 8.05. The van der Waals surface area contributed by atoms with Crippen molar-refractivity contribution in [1.82, 2.24) is 9.03 Å². The van der Waals surface area contributed by atoms with Gasteiger partial charge in [-0.3, -0.25) is 4.79 Å². The molecule has 8 nitrogen and oxygen atoms in total. The van der Waals surface area contributed by atoms with Gasteiger partial charge in [-0.05, 0) is 43.9 Å². The highest BCUT2D eigenvalue weighted by Gasteiger charge is 2.53. The number of nitrogens with one attached hydrogen (secondary N) is 1. The standard InChI is InChI=1S/C16H27FN2O6S/c1-24-5-2-6-25-11-4-3-10-7-13(20)16(15(17)12(10)8-11)19-9-14(21)18-26(19,22)23/h10-13,15-16,20H,2-9H2,1H3,(H,18,21). The van der Waals surface area contributed by atoms with Crippen LogP contribution in [-0.2, 0) is 24.5 Å². The highest BCUT2D eigenvalue weighted by Crippen LogP contribution is 2.45. The summed E-state index contributed by atoms with van der Waals surface area (Å²) in [6.07, 6.45) is 0.431. The van der Waals surface area contributed by atoms with E-state index >= 15 is 4.39 Å². The molecule has 1 heterocycles. The third-order valence-corrected chi connectivity index (χ3v) is 7.18. The molecule has 0 aromatic heterocycles. The van der Waals surface area contributed by atoms with Crippen molar-refractivity contribution in [2.45, 2.75) is 56.5 Å². The first-order valence-corrected chi connectivity index (χ1v) is 10.5. The van der Waals surface area contributed by atoms with Gasteiger partial charge in [0.05, 0.1) is 24.8 Å². The normalized spacial score (nSPS) is 40.2. The molecule has 1 saturated heterocycles. The molecule has 2 aliphatic carbocycles. The fourth-order valence-electron chi connectivity index (χ4n) is 4.51. The van der Waals surface area contributed by atoms with Crippen LogP contribution in [0.25, 0.3) is 0 Å². The number of hydrogen-bond donors (Lipinski definition) is 2. The molecule has 3 aliphatic rings. The molecule has 3 fully saturated rings. The summed E-state index contributed by atoms with van der Waals surface area (Å²) in [5, 5.41) is 10.4. The fraction of sp³-hybridized carbons (Fsp3) is 0.938. The highest BCUT2D eigenvalue weighted by atomic mass is 32.2. The molecule has 150 valence electrons. The van der Waals surface area contributed by atoms with E-state index in [0.717, 1.165) is 23.6 Å². The van der Waals surface area contributed by atoms with Crippen LogP contribution in [0.15, 0.2) is 0 Å². The van der Waals surface area contributed by atoms with E-state index in [1.807, 2.05) is 4.72 Å². The maximum atomic E-state index is 15.3. The Hall–Kier alpha value is -0.810.